The molecule has 3 aromatic rings. The Bertz CT molecular complexity index is 1070. The van der Waals surface area contributed by atoms with Crippen LogP contribution in [0.2, 0.25) is 10.0 Å². The van der Waals surface area contributed by atoms with Crippen molar-refractivity contribution < 1.29 is 13.9 Å². The van der Waals surface area contributed by atoms with Crippen LogP contribution >= 0.6 is 23.2 Å². The van der Waals surface area contributed by atoms with Crippen LogP contribution in [0.4, 0.5) is 4.39 Å². The van der Waals surface area contributed by atoms with Gasteiger partial charge in [-0.3, -0.25) is 0 Å². The molecule has 0 spiro atoms. The first-order chi connectivity index (χ1) is 14.0. The fourth-order valence-electron chi connectivity index (χ4n) is 2.68. The largest absolute Gasteiger partial charge is 0.497 e. The summed E-state index contributed by atoms with van der Waals surface area (Å²) in [5, 5.41) is 10.1. The third-order valence-corrected chi connectivity index (χ3v) is 4.74. The quantitative estimate of drug-likeness (QED) is 0.321. The number of ether oxygens (including phenoxy) is 2. The van der Waals surface area contributed by atoms with Gasteiger partial charge in [0.15, 0.2) is 5.75 Å². The van der Waals surface area contributed by atoms with Gasteiger partial charge >= 0.3 is 0 Å². The molecule has 3 rings (SSSR count). The molecule has 0 saturated heterocycles. The highest BCUT2D eigenvalue weighted by atomic mass is 35.5. The van der Waals surface area contributed by atoms with Gasteiger partial charge in [-0.2, -0.15) is 5.26 Å². The number of halogens is 3. The van der Waals surface area contributed by atoms with E-state index in [1.165, 1.54) is 6.07 Å². The second kappa shape index (κ2) is 9.47. The Kier molecular flexibility index (Phi) is 6.77. The lowest BCUT2D eigenvalue weighted by atomic mass is 10.0. The molecule has 0 fully saturated rings. The van der Waals surface area contributed by atoms with Crippen molar-refractivity contribution >= 4 is 34.9 Å². The molecule has 3 nitrogen and oxygen atoms in total. The molecule has 0 radical (unpaired) electrons. The van der Waals surface area contributed by atoms with Crippen LogP contribution in [0.3, 0.4) is 0 Å². The first kappa shape index (κ1) is 20.7. The third-order valence-electron chi connectivity index (χ3n) is 4.18. The number of nitriles is 1. The molecule has 29 heavy (non-hydrogen) atoms. The fourth-order valence-corrected chi connectivity index (χ4v) is 3.30. The van der Waals surface area contributed by atoms with Crippen molar-refractivity contribution in [2.24, 2.45) is 0 Å². The number of hydrogen-bond donors (Lipinski definition) is 0. The molecule has 6 heteroatoms. The first-order valence-electron chi connectivity index (χ1n) is 8.63. The van der Waals surface area contributed by atoms with Gasteiger partial charge in [0.05, 0.1) is 28.8 Å². The molecular formula is C23H16Cl2FNO2. The number of nitrogens with zero attached hydrogens (tertiary/aromatic N) is 1. The van der Waals surface area contributed by atoms with Gasteiger partial charge in [-0.1, -0.05) is 41.4 Å². The Hall–Kier alpha value is -3.00. The number of benzene rings is 3. The lowest BCUT2D eigenvalue weighted by Gasteiger charge is -2.12. The van der Waals surface area contributed by atoms with E-state index in [1.54, 1.807) is 67.8 Å². The average molecular weight is 428 g/mol. The van der Waals surface area contributed by atoms with Crippen molar-refractivity contribution in [3.05, 3.63) is 93.2 Å². The van der Waals surface area contributed by atoms with Crippen LogP contribution in [0.1, 0.15) is 16.7 Å². The Morgan fingerprint density at radius 1 is 1.07 bits per heavy atom. The lowest BCUT2D eigenvalue weighted by Crippen LogP contribution is -1.99. The molecule has 0 aliphatic heterocycles. The van der Waals surface area contributed by atoms with Gasteiger partial charge in [-0.15, -0.1) is 0 Å². The number of methoxy groups -OCH3 is 1. The Morgan fingerprint density at radius 3 is 2.31 bits per heavy atom. The van der Waals surface area contributed by atoms with Crippen LogP contribution in [0.15, 0.2) is 60.7 Å². The molecule has 0 atom stereocenters. The van der Waals surface area contributed by atoms with Crippen molar-refractivity contribution in [3.8, 4) is 17.6 Å². The van der Waals surface area contributed by atoms with E-state index in [-0.39, 0.29) is 28.2 Å². The van der Waals surface area contributed by atoms with E-state index >= 15 is 0 Å². The second-order valence-electron chi connectivity index (χ2n) is 6.09. The summed E-state index contributed by atoms with van der Waals surface area (Å²) >= 11 is 12.6. The first-order valence-corrected chi connectivity index (χ1v) is 9.39. The zero-order valence-electron chi connectivity index (χ0n) is 15.5. The smallest absolute Gasteiger partial charge is 0.157 e. The summed E-state index contributed by atoms with van der Waals surface area (Å²) < 4.78 is 24.5. The topological polar surface area (TPSA) is 42.2 Å². The number of rotatable bonds is 6. The van der Waals surface area contributed by atoms with Crippen molar-refractivity contribution in [1.82, 2.24) is 0 Å². The van der Waals surface area contributed by atoms with Gasteiger partial charge in [-0.25, -0.2) is 4.39 Å². The lowest BCUT2D eigenvalue weighted by molar-refractivity contribution is 0.300. The van der Waals surface area contributed by atoms with Crippen LogP contribution in [-0.2, 0) is 6.61 Å². The van der Waals surface area contributed by atoms with E-state index in [0.29, 0.717) is 22.4 Å². The van der Waals surface area contributed by atoms with Gasteiger partial charge in [0.2, 0.25) is 0 Å². The Labute approximate surface area is 178 Å². The predicted molar refractivity (Wildman–Crippen MR) is 114 cm³/mol. The summed E-state index contributed by atoms with van der Waals surface area (Å²) in [5.41, 5.74) is 2.22. The SMILES string of the molecule is COc1ccc(/C(C#N)=C/c2cc(Cl)c(OCc3ccccc3F)c(Cl)c2)cc1. The van der Waals surface area contributed by atoms with Crippen molar-refractivity contribution in [2.45, 2.75) is 6.61 Å². The van der Waals surface area contributed by atoms with Crippen molar-refractivity contribution in [1.29, 1.82) is 5.26 Å². The van der Waals surface area contributed by atoms with Gasteiger partial charge < -0.3 is 9.47 Å². The summed E-state index contributed by atoms with van der Waals surface area (Å²) in [4.78, 5) is 0. The highest BCUT2D eigenvalue weighted by Gasteiger charge is 2.12. The molecule has 0 bridgehead atoms. The zero-order valence-corrected chi connectivity index (χ0v) is 17.0. The molecule has 0 aliphatic rings. The van der Waals surface area contributed by atoms with Crippen LogP contribution in [-0.4, -0.2) is 7.11 Å². The Morgan fingerprint density at radius 2 is 1.72 bits per heavy atom. The highest BCUT2D eigenvalue weighted by molar-refractivity contribution is 6.37. The van der Waals surface area contributed by atoms with E-state index in [0.717, 1.165) is 5.56 Å². The van der Waals surface area contributed by atoms with Gasteiger partial charge in [0, 0.05) is 5.56 Å². The molecular weight excluding hydrogens is 412 g/mol. The van der Waals surface area contributed by atoms with Gasteiger partial charge in [0.1, 0.15) is 18.2 Å². The molecule has 0 aromatic heterocycles. The molecule has 146 valence electrons. The zero-order chi connectivity index (χ0) is 20.8. The van der Waals surface area contributed by atoms with Crippen LogP contribution in [0, 0.1) is 17.1 Å². The highest BCUT2D eigenvalue weighted by Crippen LogP contribution is 2.36. The third kappa shape index (κ3) is 5.08. The predicted octanol–water partition coefficient (Wildman–Crippen LogP) is 6.78. The van der Waals surface area contributed by atoms with Crippen LogP contribution in [0.25, 0.3) is 11.6 Å². The maximum absolute atomic E-state index is 13.8. The molecule has 0 aliphatic carbocycles. The standard InChI is InChI=1S/C23H16Cl2FNO2/c1-28-19-8-6-16(7-9-19)18(13-27)10-15-11-20(24)23(21(25)12-15)29-14-17-4-2-3-5-22(17)26/h2-12H,14H2,1H3/b18-10+. The summed E-state index contributed by atoms with van der Waals surface area (Å²) in [5.74, 6) is 0.600. The second-order valence-corrected chi connectivity index (χ2v) is 6.91. The van der Waals surface area contributed by atoms with E-state index in [1.807, 2.05) is 0 Å². The summed E-state index contributed by atoms with van der Waals surface area (Å²) in [6.07, 6.45) is 1.68. The normalized spacial score (nSPS) is 11.1. The molecule has 0 heterocycles. The van der Waals surface area contributed by atoms with Crippen LogP contribution < -0.4 is 9.47 Å². The summed E-state index contributed by atoms with van der Waals surface area (Å²) in [7, 11) is 1.58. The molecule has 0 amide bonds. The van der Waals surface area contributed by atoms with E-state index < -0.39 is 0 Å². The van der Waals surface area contributed by atoms with Crippen LogP contribution in [0.5, 0.6) is 11.5 Å². The van der Waals surface area contributed by atoms with E-state index in [4.69, 9.17) is 32.7 Å². The monoisotopic (exact) mass is 427 g/mol. The molecule has 3 aromatic carbocycles. The molecule has 0 saturated carbocycles. The van der Waals surface area contributed by atoms with E-state index in [9.17, 15) is 9.65 Å². The summed E-state index contributed by atoms with van der Waals surface area (Å²) in [6.45, 7) is -0.00338. The number of allylic oxidation sites excluding steroid dienone is 1. The summed E-state index contributed by atoms with van der Waals surface area (Å²) in [6, 6.07) is 18.9. The molecule has 0 N–H and O–H groups in total. The van der Waals surface area contributed by atoms with Crippen molar-refractivity contribution in [2.75, 3.05) is 7.11 Å². The minimum absolute atomic E-state index is 0.00338. The fraction of sp³-hybridized carbons (Fsp3) is 0.0870. The average Bonchev–Trinajstić information content (AvgIpc) is 2.72. The molecule has 0 unspecified atom stereocenters. The van der Waals surface area contributed by atoms with E-state index in [2.05, 4.69) is 6.07 Å². The minimum atomic E-state index is -0.363. The minimum Gasteiger partial charge on any atom is -0.497 e. The van der Waals surface area contributed by atoms with Gasteiger partial charge in [0.25, 0.3) is 0 Å². The van der Waals surface area contributed by atoms with Gasteiger partial charge in [-0.05, 0) is 59.7 Å². The van der Waals surface area contributed by atoms with Crippen molar-refractivity contribution in [3.63, 3.8) is 0 Å². The maximum atomic E-state index is 13.8. The maximum Gasteiger partial charge on any atom is 0.157 e. The number of hydrogen-bond acceptors (Lipinski definition) is 3. The Balaban J connectivity index is 1.84.